The van der Waals surface area contributed by atoms with Crippen molar-refractivity contribution >= 4 is 6.29 Å². The van der Waals surface area contributed by atoms with Gasteiger partial charge < -0.3 is 4.79 Å². The van der Waals surface area contributed by atoms with Crippen LogP contribution in [0.4, 0.5) is 0 Å². The second-order valence-corrected chi connectivity index (χ2v) is 5.27. The molecule has 0 spiro atoms. The summed E-state index contributed by atoms with van der Waals surface area (Å²) in [6, 6.07) is 0. The Kier molecular flexibility index (Phi) is 2.44. The molecule has 0 radical (unpaired) electrons. The van der Waals surface area contributed by atoms with Gasteiger partial charge in [0, 0.05) is 5.92 Å². The molecule has 2 saturated carbocycles. The van der Waals surface area contributed by atoms with Gasteiger partial charge in [-0.2, -0.15) is 0 Å². The van der Waals surface area contributed by atoms with Crippen LogP contribution in [0, 0.1) is 17.3 Å². The topological polar surface area (TPSA) is 17.1 Å². The Hall–Kier alpha value is -0.330. The van der Waals surface area contributed by atoms with E-state index in [1.165, 1.54) is 44.8 Å². The van der Waals surface area contributed by atoms with Gasteiger partial charge in [-0.1, -0.05) is 19.8 Å². The lowest BCUT2D eigenvalue weighted by Crippen LogP contribution is -2.37. The third kappa shape index (κ3) is 1.66. The Morgan fingerprint density at radius 1 is 1.23 bits per heavy atom. The van der Waals surface area contributed by atoms with Crippen molar-refractivity contribution in [2.45, 2.75) is 51.9 Å². The summed E-state index contributed by atoms with van der Waals surface area (Å²) in [5.41, 5.74) is 0.595. The highest BCUT2D eigenvalue weighted by Gasteiger charge is 2.40. The van der Waals surface area contributed by atoms with Crippen molar-refractivity contribution in [3.8, 4) is 0 Å². The van der Waals surface area contributed by atoms with Gasteiger partial charge in [-0.3, -0.25) is 0 Å². The Bertz CT molecular complexity index is 199. The molecule has 0 amide bonds. The van der Waals surface area contributed by atoms with Crippen molar-refractivity contribution in [3.63, 3.8) is 0 Å². The molecule has 0 aromatic heterocycles. The zero-order valence-corrected chi connectivity index (χ0v) is 8.59. The van der Waals surface area contributed by atoms with Crippen LogP contribution in [0.25, 0.3) is 0 Å². The van der Waals surface area contributed by atoms with Crippen LogP contribution in [0.2, 0.25) is 0 Å². The van der Waals surface area contributed by atoms with Gasteiger partial charge in [0.05, 0.1) is 0 Å². The molecule has 2 fully saturated rings. The van der Waals surface area contributed by atoms with Crippen LogP contribution in [-0.4, -0.2) is 6.29 Å². The van der Waals surface area contributed by atoms with E-state index < -0.39 is 0 Å². The Balaban J connectivity index is 2.05. The summed E-state index contributed by atoms with van der Waals surface area (Å²) >= 11 is 0. The number of carbonyl (C=O) groups excluding carboxylic acids is 1. The van der Waals surface area contributed by atoms with Gasteiger partial charge in [-0.15, -0.1) is 0 Å². The maximum absolute atomic E-state index is 10.7. The minimum absolute atomic E-state index is 0.385. The van der Waals surface area contributed by atoms with Crippen molar-refractivity contribution < 1.29 is 4.79 Å². The van der Waals surface area contributed by atoms with Gasteiger partial charge in [0.25, 0.3) is 0 Å². The minimum atomic E-state index is 0.385. The number of rotatable bonds is 1. The van der Waals surface area contributed by atoms with E-state index in [2.05, 4.69) is 6.92 Å². The Labute approximate surface area is 80.9 Å². The average Bonchev–Trinajstić information content (AvgIpc) is 2.16. The number of hydrogen-bond acceptors (Lipinski definition) is 1. The monoisotopic (exact) mass is 180 g/mol. The van der Waals surface area contributed by atoms with Crippen LogP contribution in [0.3, 0.4) is 0 Å². The summed E-state index contributed by atoms with van der Waals surface area (Å²) in [5, 5.41) is 0. The summed E-state index contributed by atoms with van der Waals surface area (Å²) < 4.78 is 0. The second kappa shape index (κ2) is 3.43. The smallest absolute Gasteiger partial charge is 0.123 e. The Morgan fingerprint density at radius 2 is 2.08 bits per heavy atom. The van der Waals surface area contributed by atoms with Crippen LogP contribution >= 0.6 is 0 Å². The highest BCUT2D eigenvalue weighted by atomic mass is 16.1. The van der Waals surface area contributed by atoms with Crippen molar-refractivity contribution in [1.82, 2.24) is 0 Å². The molecular formula is C12H20O. The molecule has 0 aromatic rings. The predicted octanol–water partition coefficient (Wildman–Crippen LogP) is 3.18. The molecule has 2 aliphatic carbocycles. The molecule has 74 valence electrons. The van der Waals surface area contributed by atoms with Gasteiger partial charge in [0.1, 0.15) is 6.29 Å². The molecule has 0 bridgehead atoms. The van der Waals surface area contributed by atoms with Crippen molar-refractivity contribution in [1.29, 1.82) is 0 Å². The third-order valence-corrected chi connectivity index (χ3v) is 4.40. The normalized spacial score (nSPS) is 45.3. The molecule has 0 N–H and O–H groups in total. The predicted molar refractivity (Wildman–Crippen MR) is 53.5 cm³/mol. The summed E-state index contributed by atoms with van der Waals surface area (Å²) in [4.78, 5) is 10.7. The molecule has 0 saturated heterocycles. The fourth-order valence-electron chi connectivity index (χ4n) is 3.33. The summed E-state index contributed by atoms with van der Waals surface area (Å²) in [6.07, 6.45) is 10.4. The summed E-state index contributed by atoms with van der Waals surface area (Å²) in [7, 11) is 0. The van der Waals surface area contributed by atoms with E-state index in [1.807, 2.05) is 0 Å². The molecule has 1 heteroatoms. The summed E-state index contributed by atoms with van der Waals surface area (Å²) in [5.74, 6) is 1.24. The van der Waals surface area contributed by atoms with Crippen molar-refractivity contribution in [2.75, 3.05) is 0 Å². The molecule has 0 aliphatic heterocycles. The number of carbonyl (C=O) groups is 1. The van der Waals surface area contributed by atoms with E-state index in [9.17, 15) is 4.79 Å². The largest absolute Gasteiger partial charge is 0.303 e. The molecule has 2 aliphatic rings. The number of aldehydes is 1. The zero-order chi connectivity index (χ0) is 9.31. The first-order valence-electron chi connectivity index (χ1n) is 5.70. The van der Waals surface area contributed by atoms with E-state index in [4.69, 9.17) is 0 Å². The SMILES string of the molecule is CC12CCCCC1CC(C=O)CC2. The van der Waals surface area contributed by atoms with E-state index in [0.717, 1.165) is 12.3 Å². The molecule has 0 heterocycles. The van der Waals surface area contributed by atoms with Crippen LogP contribution in [0.1, 0.15) is 51.9 Å². The van der Waals surface area contributed by atoms with Gasteiger partial charge in [0.15, 0.2) is 0 Å². The van der Waals surface area contributed by atoms with E-state index in [1.54, 1.807) is 0 Å². The standard InChI is InChI=1S/C12H20O/c1-12-6-3-2-4-11(12)8-10(9-13)5-7-12/h9-11H,2-8H2,1H3. The minimum Gasteiger partial charge on any atom is -0.303 e. The fourth-order valence-corrected chi connectivity index (χ4v) is 3.33. The van der Waals surface area contributed by atoms with Gasteiger partial charge in [-0.05, 0) is 43.4 Å². The quantitative estimate of drug-likeness (QED) is 0.566. The van der Waals surface area contributed by atoms with Gasteiger partial charge in [0.2, 0.25) is 0 Å². The van der Waals surface area contributed by atoms with E-state index in [-0.39, 0.29) is 0 Å². The number of hydrogen-bond donors (Lipinski definition) is 0. The highest BCUT2D eigenvalue weighted by Crippen LogP contribution is 2.51. The lowest BCUT2D eigenvalue weighted by molar-refractivity contribution is -0.114. The molecule has 3 atom stereocenters. The lowest BCUT2D eigenvalue weighted by Gasteiger charge is -2.46. The first-order valence-corrected chi connectivity index (χ1v) is 5.70. The third-order valence-electron chi connectivity index (χ3n) is 4.40. The molecule has 2 rings (SSSR count). The van der Waals surface area contributed by atoms with Crippen LogP contribution in [0.15, 0.2) is 0 Å². The molecule has 0 aromatic carbocycles. The van der Waals surface area contributed by atoms with Crippen molar-refractivity contribution in [3.05, 3.63) is 0 Å². The Morgan fingerprint density at radius 3 is 2.85 bits per heavy atom. The molecule has 3 unspecified atom stereocenters. The van der Waals surface area contributed by atoms with Crippen LogP contribution in [-0.2, 0) is 4.79 Å². The molecular weight excluding hydrogens is 160 g/mol. The lowest BCUT2D eigenvalue weighted by atomic mass is 9.58. The second-order valence-electron chi connectivity index (χ2n) is 5.27. The van der Waals surface area contributed by atoms with Crippen LogP contribution < -0.4 is 0 Å². The van der Waals surface area contributed by atoms with Gasteiger partial charge >= 0.3 is 0 Å². The van der Waals surface area contributed by atoms with E-state index in [0.29, 0.717) is 11.3 Å². The number of fused-ring (bicyclic) bond motifs is 1. The average molecular weight is 180 g/mol. The van der Waals surface area contributed by atoms with Crippen LogP contribution in [0.5, 0.6) is 0 Å². The maximum atomic E-state index is 10.7. The molecule has 13 heavy (non-hydrogen) atoms. The van der Waals surface area contributed by atoms with E-state index >= 15 is 0 Å². The van der Waals surface area contributed by atoms with Gasteiger partial charge in [-0.25, -0.2) is 0 Å². The highest BCUT2D eigenvalue weighted by molar-refractivity contribution is 5.53. The summed E-state index contributed by atoms with van der Waals surface area (Å²) in [6.45, 7) is 2.44. The first-order chi connectivity index (χ1) is 6.24. The fraction of sp³-hybridized carbons (Fsp3) is 0.917. The zero-order valence-electron chi connectivity index (χ0n) is 8.59. The van der Waals surface area contributed by atoms with Crippen molar-refractivity contribution in [2.24, 2.45) is 17.3 Å². The molecule has 1 nitrogen and oxygen atoms in total. The first kappa shape index (κ1) is 9.23. The maximum Gasteiger partial charge on any atom is 0.123 e.